The van der Waals surface area contributed by atoms with Crippen LogP contribution in [0.5, 0.6) is 0 Å². The molecular formula is C13H24O. The maximum atomic E-state index is 10.5. The monoisotopic (exact) mass is 196 g/mol. The first-order valence-electron chi connectivity index (χ1n) is 5.65. The maximum Gasteiger partial charge on any atom is 0.0878 e. The highest BCUT2D eigenvalue weighted by atomic mass is 16.3. The number of rotatable bonds is 2. The minimum absolute atomic E-state index is 0.0139. The van der Waals surface area contributed by atoms with Crippen LogP contribution in [0.1, 0.15) is 53.9 Å². The van der Waals surface area contributed by atoms with Crippen LogP contribution in [0.4, 0.5) is 0 Å². The first kappa shape index (κ1) is 11.8. The summed E-state index contributed by atoms with van der Waals surface area (Å²) in [6.07, 6.45) is 7.17. The van der Waals surface area contributed by atoms with Crippen molar-refractivity contribution in [1.29, 1.82) is 0 Å². The highest BCUT2D eigenvalue weighted by molar-refractivity contribution is 5.15. The zero-order valence-electron chi connectivity index (χ0n) is 10.2. The minimum atomic E-state index is -0.600. The molecule has 1 rings (SSSR count). The molecule has 1 heteroatoms. The quantitative estimate of drug-likeness (QED) is 0.670. The van der Waals surface area contributed by atoms with Crippen molar-refractivity contribution in [2.24, 2.45) is 10.8 Å². The van der Waals surface area contributed by atoms with Gasteiger partial charge in [0, 0.05) is 0 Å². The topological polar surface area (TPSA) is 20.2 Å². The van der Waals surface area contributed by atoms with Crippen LogP contribution in [0, 0.1) is 10.8 Å². The van der Waals surface area contributed by atoms with Gasteiger partial charge >= 0.3 is 0 Å². The molecule has 0 spiro atoms. The first-order valence-corrected chi connectivity index (χ1v) is 5.65. The second kappa shape index (κ2) is 3.37. The summed E-state index contributed by atoms with van der Waals surface area (Å²) in [6, 6.07) is 0. The molecule has 0 saturated heterocycles. The molecule has 0 amide bonds. The third-order valence-electron chi connectivity index (χ3n) is 4.02. The van der Waals surface area contributed by atoms with Gasteiger partial charge in [0.15, 0.2) is 0 Å². The van der Waals surface area contributed by atoms with E-state index in [1.165, 1.54) is 0 Å². The van der Waals surface area contributed by atoms with Crippen molar-refractivity contribution in [3.05, 3.63) is 12.2 Å². The van der Waals surface area contributed by atoms with Gasteiger partial charge in [0.2, 0.25) is 0 Å². The van der Waals surface area contributed by atoms with Crippen molar-refractivity contribution < 1.29 is 5.11 Å². The third-order valence-corrected chi connectivity index (χ3v) is 4.02. The number of aliphatic hydroxyl groups is 1. The van der Waals surface area contributed by atoms with Gasteiger partial charge in [-0.25, -0.2) is 0 Å². The Balaban J connectivity index is 2.90. The van der Waals surface area contributed by atoms with E-state index < -0.39 is 5.60 Å². The SMILES string of the molecule is CCC(C)(C)C1(O)C=CC(C)(C)CC1. The standard InChI is InChI=1S/C13H24O/c1-6-12(4,5)13(14)9-7-11(2,3)8-10-13/h7,9,14H,6,8,10H2,1-5H3. The molecule has 0 bridgehead atoms. The Bertz CT molecular complexity index is 238. The second-order valence-corrected chi connectivity index (χ2v) is 5.98. The molecule has 1 aliphatic rings. The van der Waals surface area contributed by atoms with E-state index in [1.807, 2.05) is 6.08 Å². The average molecular weight is 196 g/mol. The van der Waals surface area contributed by atoms with Gasteiger partial charge < -0.3 is 5.11 Å². The van der Waals surface area contributed by atoms with Crippen LogP contribution in [0.2, 0.25) is 0 Å². The number of hydrogen-bond donors (Lipinski definition) is 1. The van der Waals surface area contributed by atoms with Crippen LogP contribution in [0.3, 0.4) is 0 Å². The van der Waals surface area contributed by atoms with E-state index in [4.69, 9.17) is 0 Å². The first-order chi connectivity index (χ1) is 6.22. The zero-order valence-corrected chi connectivity index (χ0v) is 10.2. The van der Waals surface area contributed by atoms with Crippen LogP contribution in [-0.2, 0) is 0 Å². The molecule has 1 atom stereocenters. The fourth-order valence-electron chi connectivity index (χ4n) is 1.91. The molecule has 1 nitrogen and oxygen atoms in total. The largest absolute Gasteiger partial charge is 0.385 e. The molecule has 0 saturated carbocycles. The summed E-state index contributed by atoms with van der Waals surface area (Å²) in [5.74, 6) is 0. The third kappa shape index (κ3) is 2.03. The van der Waals surface area contributed by atoms with E-state index in [2.05, 4.69) is 40.7 Å². The molecule has 82 valence electrons. The molecule has 0 radical (unpaired) electrons. The number of hydrogen-bond acceptors (Lipinski definition) is 1. The lowest BCUT2D eigenvalue weighted by Gasteiger charge is -2.45. The van der Waals surface area contributed by atoms with Gasteiger partial charge in [0.25, 0.3) is 0 Å². The summed E-state index contributed by atoms with van der Waals surface area (Å²) < 4.78 is 0. The Hall–Kier alpha value is -0.300. The van der Waals surface area contributed by atoms with Crippen molar-refractivity contribution in [3.63, 3.8) is 0 Å². The normalized spacial score (nSPS) is 31.9. The molecule has 14 heavy (non-hydrogen) atoms. The van der Waals surface area contributed by atoms with E-state index in [0.29, 0.717) is 0 Å². The van der Waals surface area contributed by atoms with Gasteiger partial charge in [-0.2, -0.15) is 0 Å². The molecule has 0 aliphatic heterocycles. The molecular weight excluding hydrogens is 172 g/mol. The minimum Gasteiger partial charge on any atom is -0.385 e. The lowest BCUT2D eigenvalue weighted by Crippen LogP contribution is -2.45. The molecule has 0 fully saturated rings. The molecule has 0 aromatic heterocycles. The predicted molar refractivity (Wildman–Crippen MR) is 61.2 cm³/mol. The summed E-state index contributed by atoms with van der Waals surface area (Å²) in [5.41, 5.74) is -0.354. The van der Waals surface area contributed by atoms with Crippen LogP contribution in [0.25, 0.3) is 0 Å². The van der Waals surface area contributed by atoms with Crippen molar-refractivity contribution in [2.75, 3.05) is 0 Å². The Labute approximate surface area is 88.2 Å². The van der Waals surface area contributed by atoms with Crippen LogP contribution >= 0.6 is 0 Å². The van der Waals surface area contributed by atoms with Gasteiger partial charge in [0.1, 0.15) is 0 Å². The Morgan fingerprint density at radius 3 is 2.14 bits per heavy atom. The Morgan fingerprint density at radius 1 is 1.21 bits per heavy atom. The summed E-state index contributed by atoms with van der Waals surface area (Å²) in [6.45, 7) is 10.9. The fourth-order valence-corrected chi connectivity index (χ4v) is 1.91. The van der Waals surface area contributed by atoms with Crippen molar-refractivity contribution in [2.45, 2.75) is 59.5 Å². The molecule has 0 heterocycles. The van der Waals surface area contributed by atoms with E-state index in [-0.39, 0.29) is 10.8 Å². The van der Waals surface area contributed by atoms with Gasteiger partial charge in [-0.05, 0) is 30.1 Å². The van der Waals surface area contributed by atoms with E-state index in [1.54, 1.807) is 0 Å². The van der Waals surface area contributed by atoms with Crippen molar-refractivity contribution >= 4 is 0 Å². The summed E-state index contributed by atoms with van der Waals surface area (Å²) >= 11 is 0. The Kier molecular flexibility index (Phi) is 2.84. The highest BCUT2D eigenvalue weighted by Crippen LogP contribution is 2.44. The van der Waals surface area contributed by atoms with Crippen LogP contribution in [-0.4, -0.2) is 10.7 Å². The van der Waals surface area contributed by atoms with Gasteiger partial charge in [-0.1, -0.05) is 46.8 Å². The molecule has 0 aromatic rings. The van der Waals surface area contributed by atoms with E-state index in [0.717, 1.165) is 19.3 Å². The molecule has 0 aromatic carbocycles. The lowest BCUT2D eigenvalue weighted by atomic mass is 9.65. The Morgan fingerprint density at radius 2 is 1.79 bits per heavy atom. The van der Waals surface area contributed by atoms with Crippen molar-refractivity contribution in [3.8, 4) is 0 Å². The second-order valence-electron chi connectivity index (χ2n) is 5.98. The lowest BCUT2D eigenvalue weighted by molar-refractivity contribution is -0.0456. The average Bonchev–Trinajstić information content (AvgIpc) is 2.10. The summed E-state index contributed by atoms with van der Waals surface area (Å²) in [7, 11) is 0. The smallest absolute Gasteiger partial charge is 0.0878 e. The van der Waals surface area contributed by atoms with Gasteiger partial charge in [-0.3, -0.25) is 0 Å². The van der Waals surface area contributed by atoms with Gasteiger partial charge in [-0.15, -0.1) is 0 Å². The van der Waals surface area contributed by atoms with Gasteiger partial charge in [0.05, 0.1) is 5.60 Å². The summed E-state index contributed by atoms with van der Waals surface area (Å²) in [5, 5.41) is 10.5. The molecule has 1 aliphatic carbocycles. The number of allylic oxidation sites excluding steroid dienone is 1. The van der Waals surface area contributed by atoms with E-state index >= 15 is 0 Å². The summed E-state index contributed by atoms with van der Waals surface area (Å²) in [4.78, 5) is 0. The fraction of sp³-hybridized carbons (Fsp3) is 0.846. The highest BCUT2D eigenvalue weighted by Gasteiger charge is 2.42. The zero-order chi connectivity index (χ0) is 11.0. The van der Waals surface area contributed by atoms with Crippen LogP contribution in [0.15, 0.2) is 12.2 Å². The predicted octanol–water partition coefficient (Wildman–Crippen LogP) is 3.53. The van der Waals surface area contributed by atoms with Crippen LogP contribution < -0.4 is 0 Å². The van der Waals surface area contributed by atoms with E-state index in [9.17, 15) is 5.11 Å². The maximum absolute atomic E-state index is 10.5. The molecule has 1 N–H and O–H groups in total. The van der Waals surface area contributed by atoms with Crippen molar-refractivity contribution in [1.82, 2.24) is 0 Å². The molecule has 1 unspecified atom stereocenters.